The van der Waals surface area contributed by atoms with Crippen LogP contribution < -0.4 is 5.63 Å². The Hall–Kier alpha value is -1.48. The second-order valence-corrected chi connectivity index (χ2v) is 8.56. The van der Waals surface area contributed by atoms with Crippen molar-refractivity contribution in [1.29, 1.82) is 0 Å². The van der Waals surface area contributed by atoms with Crippen LogP contribution in [-0.4, -0.2) is 61.5 Å². The lowest BCUT2D eigenvalue weighted by molar-refractivity contribution is -0.146. The SMILES string of the molecule is O=C(Cc1cc2ccccc2oc1=O)OC1CSCCOCCOCCSC1. The van der Waals surface area contributed by atoms with Gasteiger partial charge in [0, 0.05) is 34.0 Å². The summed E-state index contributed by atoms with van der Waals surface area (Å²) in [5, 5.41) is 0.790. The summed E-state index contributed by atoms with van der Waals surface area (Å²) in [5.74, 6) is 2.68. The van der Waals surface area contributed by atoms with Gasteiger partial charge in [0.1, 0.15) is 11.7 Å². The van der Waals surface area contributed by atoms with Gasteiger partial charge in [-0.3, -0.25) is 4.79 Å². The molecule has 1 fully saturated rings. The first-order valence-corrected chi connectivity index (χ1v) is 11.6. The van der Waals surface area contributed by atoms with Gasteiger partial charge in [0.25, 0.3) is 0 Å². The topological polar surface area (TPSA) is 75.0 Å². The van der Waals surface area contributed by atoms with Gasteiger partial charge in [0.15, 0.2) is 0 Å². The van der Waals surface area contributed by atoms with Gasteiger partial charge in [0.05, 0.1) is 32.8 Å². The third kappa shape index (κ3) is 6.84. The number of carbonyl (C=O) groups excluding carboxylic acids is 1. The van der Waals surface area contributed by atoms with Crippen LogP contribution in [0.25, 0.3) is 11.0 Å². The van der Waals surface area contributed by atoms with Crippen LogP contribution in [0.2, 0.25) is 0 Å². The molecule has 1 saturated heterocycles. The molecule has 1 aliphatic rings. The Bertz CT molecular complexity index is 808. The van der Waals surface area contributed by atoms with Gasteiger partial charge in [-0.15, -0.1) is 0 Å². The fraction of sp³-hybridized carbons (Fsp3) is 0.500. The van der Waals surface area contributed by atoms with Crippen molar-refractivity contribution in [3.8, 4) is 0 Å². The van der Waals surface area contributed by atoms with E-state index < -0.39 is 11.6 Å². The molecule has 0 unspecified atom stereocenters. The molecule has 2 aromatic rings. The zero-order valence-electron chi connectivity index (χ0n) is 15.6. The molecule has 0 radical (unpaired) electrons. The summed E-state index contributed by atoms with van der Waals surface area (Å²) >= 11 is 3.40. The van der Waals surface area contributed by atoms with Crippen LogP contribution >= 0.6 is 23.5 Å². The van der Waals surface area contributed by atoms with Crippen LogP contribution in [0.5, 0.6) is 0 Å². The van der Waals surface area contributed by atoms with E-state index in [1.165, 1.54) is 0 Å². The molecule has 1 aromatic heterocycles. The van der Waals surface area contributed by atoms with Gasteiger partial charge in [-0.05, 0) is 12.1 Å². The van der Waals surface area contributed by atoms with E-state index in [0.29, 0.717) is 49.1 Å². The first kappa shape index (κ1) is 21.2. The maximum absolute atomic E-state index is 12.4. The Morgan fingerprint density at radius 1 is 1.04 bits per heavy atom. The van der Waals surface area contributed by atoms with Gasteiger partial charge >= 0.3 is 11.6 Å². The normalized spacial score (nSPS) is 18.0. The van der Waals surface area contributed by atoms with E-state index >= 15 is 0 Å². The maximum Gasteiger partial charge on any atom is 0.340 e. The van der Waals surface area contributed by atoms with E-state index in [2.05, 4.69) is 0 Å². The molecule has 0 atom stereocenters. The minimum atomic E-state index is -0.497. The summed E-state index contributed by atoms with van der Waals surface area (Å²) in [5.41, 5.74) is 0.330. The van der Waals surface area contributed by atoms with E-state index in [-0.39, 0.29) is 12.5 Å². The highest BCUT2D eigenvalue weighted by atomic mass is 32.2. The number of hydrogen-bond acceptors (Lipinski definition) is 8. The van der Waals surface area contributed by atoms with Crippen LogP contribution in [0.1, 0.15) is 5.56 Å². The third-order valence-electron chi connectivity index (χ3n) is 4.07. The number of fused-ring (bicyclic) bond motifs is 1. The third-order valence-corrected chi connectivity index (χ3v) is 6.20. The minimum absolute atomic E-state index is 0.0920. The number of esters is 1. The molecule has 3 rings (SSSR count). The van der Waals surface area contributed by atoms with Crippen molar-refractivity contribution in [3.63, 3.8) is 0 Å². The standard InChI is InChI=1S/C20H24O6S2/c21-19(12-16-11-15-3-1-2-4-18(15)26-20(16)22)25-17-13-27-9-7-23-5-6-24-8-10-28-14-17/h1-4,11,17H,5-10,12-14H2. The quantitative estimate of drug-likeness (QED) is 0.550. The molecule has 8 heteroatoms. The average Bonchev–Trinajstić information content (AvgIpc) is 2.71. The molecular weight excluding hydrogens is 400 g/mol. The predicted molar refractivity (Wildman–Crippen MR) is 112 cm³/mol. The highest BCUT2D eigenvalue weighted by molar-refractivity contribution is 8.00. The zero-order valence-corrected chi connectivity index (χ0v) is 17.2. The van der Waals surface area contributed by atoms with E-state index in [1.807, 2.05) is 12.1 Å². The molecule has 152 valence electrons. The second kappa shape index (κ2) is 11.5. The van der Waals surface area contributed by atoms with Gasteiger partial charge in [-0.2, -0.15) is 23.5 Å². The molecule has 0 amide bonds. The highest BCUT2D eigenvalue weighted by Gasteiger charge is 2.18. The summed E-state index contributed by atoms with van der Waals surface area (Å²) in [6, 6.07) is 8.94. The summed E-state index contributed by atoms with van der Waals surface area (Å²) in [6.07, 6.45) is -0.304. The van der Waals surface area contributed by atoms with Crippen molar-refractivity contribution in [2.45, 2.75) is 12.5 Å². The van der Waals surface area contributed by atoms with E-state index in [9.17, 15) is 9.59 Å². The van der Waals surface area contributed by atoms with Crippen LogP contribution in [-0.2, 0) is 25.4 Å². The molecule has 0 aliphatic carbocycles. The number of carbonyl (C=O) groups is 1. The van der Waals surface area contributed by atoms with E-state index in [0.717, 1.165) is 16.9 Å². The van der Waals surface area contributed by atoms with Crippen molar-refractivity contribution in [2.24, 2.45) is 0 Å². The number of thioether (sulfide) groups is 2. The lowest BCUT2D eigenvalue weighted by Gasteiger charge is -2.17. The largest absolute Gasteiger partial charge is 0.460 e. The van der Waals surface area contributed by atoms with E-state index in [1.54, 1.807) is 41.7 Å². The molecule has 28 heavy (non-hydrogen) atoms. The lowest BCUT2D eigenvalue weighted by Crippen LogP contribution is -2.26. The minimum Gasteiger partial charge on any atom is -0.460 e. The Kier molecular flexibility index (Phi) is 8.72. The van der Waals surface area contributed by atoms with Crippen molar-refractivity contribution in [2.75, 3.05) is 49.4 Å². The summed E-state index contributed by atoms with van der Waals surface area (Å²) < 4.78 is 21.9. The molecule has 1 aromatic carbocycles. The molecule has 0 bridgehead atoms. The van der Waals surface area contributed by atoms with Gasteiger partial charge in [0.2, 0.25) is 0 Å². The van der Waals surface area contributed by atoms with Crippen molar-refractivity contribution >= 4 is 40.5 Å². The number of benzene rings is 1. The molecule has 0 N–H and O–H groups in total. The van der Waals surface area contributed by atoms with Gasteiger partial charge in [-0.1, -0.05) is 18.2 Å². The molecular formula is C20H24O6S2. The summed E-state index contributed by atoms with van der Waals surface area (Å²) in [7, 11) is 0. The number of rotatable bonds is 3. The number of para-hydroxylation sites is 1. The molecule has 2 heterocycles. The Labute approximate surface area is 172 Å². The number of hydrogen-bond donors (Lipinski definition) is 0. The molecule has 0 spiro atoms. The maximum atomic E-state index is 12.4. The molecule has 6 nitrogen and oxygen atoms in total. The predicted octanol–water partition coefficient (Wildman–Crippen LogP) is 2.76. The fourth-order valence-corrected chi connectivity index (χ4v) is 4.57. The van der Waals surface area contributed by atoms with Crippen LogP contribution in [0, 0.1) is 0 Å². The summed E-state index contributed by atoms with van der Waals surface area (Å²) in [4.78, 5) is 24.6. The smallest absolute Gasteiger partial charge is 0.340 e. The van der Waals surface area contributed by atoms with Crippen LogP contribution in [0.15, 0.2) is 39.5 Å². The first-order valence-electron chi connectivity index (χ1n) is 9.24. The monoisotopic (exact) mass is 424 g/mol. The molecule has 1 aliphatic heterocycles. The lowest BCUT2D eigenvalue weighted by atomic mass is 10.1. The van der Waals surface area contributed by atoms with Gasteiger partial charge in [-0.25, -0.2) is 4.79 Å². The molecule has 0 saturated carbocycles. The zero-order chi connectivity index (χ0) is 19.6. The first-order chi connectivity index (χ1) is 13.7. The average molecular weight is 425 g/mol. The van der Waals surface area contributed by atoms with E-state index in [4.69, 9.17) is 18.6 Å². The van der Waals surface area contributed by atoms with Crippen LogP contribution in [0.3, 0.4) is 0 Å². The Morgan fingerprint density at radius 2 is 1.71 bits per heavy atom. The van der Waals surface area contributed by atoms with Gasteiger partial charge < -0.3 is 18.6 Å². The van der Waals surface area contributed by atoms with Crippen molar-refractivity contribution in [3.05, 3.63) is 46.3 Å². The van der Waals surface area contributed by atoms with Crippen molar-refractivity contribution < 1.29 is 23.4 Å². The van der Waals surface area contributed by atoms with Crippen LogP contribution in [0.4, 0.5) is 0 Å². The number of ether oxygens (including phenoxy) is 3. The Morgan fingerprint density at radius 3 is 2.43 bits per heavy atom. The Balaban J connectivity index is 1.58. The second-order valence-electron chi connectivity index (χ2n) is 6.26. The summed E-state index contributed by atoms with van der Waals surface area (Å²) in [6.45, 7) is 2.52. The highest BCUT2D eigenvalue weighted by Crippen LogP contribution is 2.16. The fourth-order valence-electron chi connectivity index (χ4n) is 2.71. The van der Waals surface area contributed by atoms with Crippen molar-refractivity contribution in [1.82, 2.24) is 0 Å².